The van der Waals surface area contributed by atoms with Crippen molar-refractivity contribution in [1.82, 2.24) is 4.90 Å². The summed E-state index contributed by atoms with van der Waals surface area (Å²) in [7, 11) is 0. The molecule has 1 saturated heterocycles. The second-order valence-corrected chi connectivity index (χ2v) is 12.1. The van der Waals surface area contributed by atoms with Crippen LogP contribution in [0.2, 0.25) is 0 Å². The van der Waals surface area contributed by atoms with Gasteiger partial charge < -0.3 is 10.2 Å². The molecule has 1 N–H and O–H groups in total. The fraction of sp³-hybridized carbons (Fsp3) is 0.484. The number of nitrogens with one attached hydrogen (secondary N) is 1. The van der Waals surface area contributed by atoms with Crippen molar-refractivity contribution < 1.29 is 19.2 Å². The van der Waals surface area contributed by atoms with Crippen molar-refractivity contribution in [2.75, 3.05) is 10.2 Å². The van der Waals surface area contributed by atoms with Crippen molar-refractivity contribution in [3.63, 3.8) is 0 Å². The van der Waals surface area contributed by atoms with Gasteiger partial charge in [-0.15, -0.1) is 0 Å². The Labute approximate surface area is 223 Å². The van der Waals surface area contributed by atoms with Gasteiger partial charge >= 0.3 is 0 Å². The number of imide groups is 1. The molecule has 0 spiro atoms. The number of carbonyl (C=O) groups excluding carboxylic acids is 4. The number of hydrogen-bond acceptors (Lipinski definition) is 4. The van der Waals surface area contributed by atoms with Crippen LogP contribution in [0.1, 0.15) is 63.0 Å². The highest BCUT2D eigenvalue weighted by molar-refractivity contribution is 6.23. The average molecular weight is 514 g/mol. The quantitative estimate of drug-likeness (QED) is 0.561. The molecule has 1 heterocycles. The van der Waals surface area contributed by atoms with Crippen LogP contribution >= 0.6 is 0 Å². The van der Waals surface area contributed by atoms with Crippen LogP contribution < -0.4 is 10.2 Å². The number of aryl methyl sites for hydroxylation is 1. The van der Waals surface area contributed by atoms with Gasteiger partial charge in [0.2, 0.25) is 17.7 Å². The second kappa shape index (κ2) is 9.37. The summed E-state index contributed by atoms with van der Waals surface area (Å²) in [5, 5.41) is 2.70. The lowest BCUT2D eigenvalue weighted by Crippen LogP contribution is -2.57. The van der Waals surface area contributed by atoms with Crippen LogP contribution in [-0.2, 0) is 25.7 Å². The summed E-state index contributed by atoms with van der Waals surface area (Å²) in [5.41, 5.74) is 2.74. The highest BCUT2D eigenvalue weighted by atomic mass is 16.2. The van der Waals surface area contributed by atoms with Crippen LogP contribution in [0, 0.1) is 30.1 Å². The predicted molar refractivity (Wildman–Crippen MR) is 144 cm³/mol. The van der Waals surface area contributed by atoms with Gasteiger partial charge in [-0.1, -0.05) is 29.8 Å². The molecule has 2 aromatic carbocycles. The van der Waals surface area contributed by atoms with Gasteiger partial charge in [0, 0.05) is 19.2 Å². The monoisotopic (exact) mass is 513 g/mol. The van der Waals surface area contributed by atoms with E-state index in [2.05, 4.69) is 5.32 Å². The molecule has 0 aromatic heterocycles. The highest BCUT2D eigenvalue weighted by Gasteiger charge is 2.57. The standard InChI is InChI=1S/C31H35N3O4/c1-19-3-5-21(6-4-19)18-33(30(38)31-15-22-11-23(16-31)13-24(12-22)17-31)27-14-28(36)34(29(27)37)26-9-7-25(8-10-26)32-20(2)35/h3-10,22-24,27H,11-18H2,1-2H3,(H,32,35). The van der Waals surface area contributed by atoms with E-state index in [1.807, 2.05) is 31.2 Å². The van der Waals surface area contributed by atoms with Gasteiger partial charge in [0.1, 0.15) is 6.04 Å². The summed E-state index contributed by atoms with van der Waals surface area (Å²) in [6.45, 7) is 3.77. The molecule has 1 aliphatic heterocycles. The van der Waals surface area contributed by atoms with Gasteiger partial charge in [0.05, 0.1) is 17.5 Å². The highest BCUT2D eigenvalue weighted by Crippen LogP contribution is 2.60. The first-order valence-corrected chi connectivity index (χ1v) is 13.8. The zero-order chi connectivity index (χ0) is 26.6. The van der Waals surface area contributed by atoms with E-state index in [1.54, 1.807) is 29.2 Å². The third-order valence-electron chi connectivity index (χ3n) is 9.17. The normalized spacial score (nSPS) is 29.6. The number of amides is 4. The molecule has 4 bridgehead atoms. The van der Waals surface area contributed by atoms with E-state index < -0.39 is 11.5 Å². The molecule has 2 aromatic rings. The van der Waals surface area contributed by atoms with Crippen LogP contribution in [-0.4, -0.2) is 34.6 Å². The van der Waals surface area contributed by atoms with E-state index in [0.29, 0.717) is 35.7 Å². The van der Waals surface area contributed by atoms with Crippen LogP contribution in [0.5, 0.6) is 0 Å². The van der Waals surface area contributed by atoms with Gasteiger partial charge in [0.25, 0.3) is 5.91 Å². The molecule has 4 saturated carbocycles. The van der Waals surface area contributed by atoms with Crippen molar-refractivity contribution in [3.05, 3.63) is 59.7 Å². The summed E-state index contributed by atoms with van der Waals surface area (Å²) in [5.74, 6) is 1.02. The summed E-state index contributed by atoms with van der Waals surface area (Å²) in [4.78, 5) is 55.9. The summed E-state index contributed by atoms with van der Waals surface area (Å²) in [6, 6.07) is 13.9. The number of benzene rings is 2. The molecule has 198 valence electrons. The zero-order valence-electron chi connectivity index (χ0n) is 22.1. The number of hydrogen-bond donors (Lipinski definition) is 1. The third kappa shape index (κ3) is 4.42. The topological polar surface area (TPSA) is 86.8 Å². The van der Waals surface area contributed by atoms with Crippen LogP contribution in [0.15, 0.2) is 48.5 Å². The third-order valence-corrected chi connectivity index (χ3v) is 9.17. The van der Waals surface area contributed by atoms with E-state index in [4.69, 9.17) is 0 Å². The van der Waals surface area contributed by atoms with Gasteiger partial charge in [-0.05, 0) is 93.0 Å². The SMILES string of the molecule is CC(=O)Nc1ccc(N2C(=O)CC(N(Cc3ccc(C)cc3)C(=O)C34CC5CC(CC(C5)C3)C4)C2=O)cc1. The Balaban J connectivity index is 1.31. The molecular formula is C31H35N3O4. The smallest absolute Gasteiger partial charge is 0.257 e. The van der Waals surface area contributed by atoms with Crippen LogP contribution in [0.25, 0.3) is 0 Å². The maximum Gasteiger partial charge on any atom is 0.257 e. The van der Waals surface area contributed by atoms with Gasteiger partial charge in [-0.3, -0.25) is 19.2 Å². The summed E-state index contributed by atoms with van der Waals surface area (Å²) >= 11 is 0. The Bertz CT molecular complexity index is 1250. The molecule has 4 amide bonds. The fourth-order valence-corrected chi connectivity index (χ4v) is 7.92. The summed E-state index contributed by atoms with van der Waals surface area (Å²) in [6.07, 6.45) is 6.40. The van der Waals surface area contributed by atoms with E-state index in [0.717, 1.165) is 30.4 Å². The van der Waals surface area contributed by atoms with Crippen molar-refractivity contribution in [1.29, 1.82) is 0 Å². The fourth-order valence-electron chi connectivity index (χ4n) is 7.92. The maximum atomic E-state index is 14.5. The largest absolute Gasteiger partial charge is 0.326 e. The molecule has 1 atom stereocenters. The minimum atomic E-state index is -0.820. The number of anilines is 2. The Morgan fingerprint density at radius 3 is 2.05 bits per heavy atom. The van der Waals surface area contributed by atoms with Crippen molar-refractivity contribution in [3.8, 4) is 0 Å². The molecule has 7 rings (SSSR count). The van der Waals surface area contributed by atoms with Gasteiger partial charge in [0.15, 0.2) is 0 Å². The lowest BCUT2D eigenvalue weighted by atomic mass is 9.49. The molecule has 38 heavy (non-hydrogen) atoms. The molecule has 7 heteroatoms. The molecule has 4 aliphatic carbocycles. The zero-order valence-corrected chi connectivity index (χ0v) is 22.1. The Morgan fingerprint density at radius 2 is 1.50 bits per heavy atom. The molecule has 1 unspecified atom stereocenters. The molecular weight excluding hydrogens is 478 g/mol. The van der Waals surface area contributed by atoms with Gasteiger partial charge in [-0.25, -0.2) is 4.90 Å². The first-order chi connectivity index (χ1) is 18.2. The first kappa shape index (κ1) is 24.8. The molecule has 0 radical (unpaired) electrons. The minimum absolute atomic E-state index is 0.0176. The first-order valence-electron chi connectivity index (χ1n) is 13.8. The number of nitrogens with zero attached hydrogens (tertiary/aromatic N) is 2. The number of rotatable bonds is 6. The number of carbonyl (C=O) groups is 4. The van der Waals surface area contributed by atoms with Crippen LogP contribution in [0.4, 0.5) is 11.4 Å². The second-order valence-electron chi connectivity index (χ2n) is 12.1. The molecule has 7 nitrogen and oxygen atoms in total. The van der Waals surface area contributed by atoms with Crippen molar-refractivity contribution >= 4 is 35.0 Å². The van der Waals surface area contributed by atoms with E-state index in [-0.39, 0.29) is 30.0 Å². The Hall–Kier alpha value is -3.48. The van der Waals surface area contributed by atoms with Crippen molar-refractivity contribution in [2.24, 2.45) is 23.2 Å². The Kier molecular flexibility index (Phi) is 6.12. The average Bonchev–Trinajstić information content (AvgIpc) is 3.16. The van der Waals surface area contributed by atoms with Crippen LogP contribution in [0.3, 0.4) is 0 Å². The maximum absolute atomic E-state index is 14.5. The van der Waals surface area contributed by atoms with Crippen molar-refractivity contribution in [2.45, 2.75) is 71.4 Å². The summed E-state index contributed by atoms with van der Waals surface area (Å²) < 4.78 is 0. The van der Waals surface area contributed by atoms with E-state index >= 15 is 0 Å². The predicted octanol–water partition coefficient (Wildman–Crippen LogP) is 4.83. The lowest BCUT2D eigenvalue weighted by Gasteiger charge is -2.57. The van der Waals surface area contributed by atoms with Gasteiger partial charge in [-0.2, -0.15) is 0 Å². The molecule has 5 aliphatic rings. The molecule has 5 fully saturated rings. The van der Waals surface area contributed by atoms with E-state index in [1.165, 1.54) is 31.1 Å². The lowest BCUT2D eigenvalue weighted by molar-refractivity contribution is -0.162. The Morgan fingerprint density at radius 1 is 0.921 bits per heavy atom. The minimum Gasteiger partial charge on any atom is -0.326 e. The van der Waals surface area contributed by atoms with E-state index in [9.17, 15) is 19.2 Å².